The zero-order valence-electron chi connectivity index (χ0n) is 16.5. The van der Waals surface area contributed by atoms with Gasteiger partial charge >= 0.3 is 0 Å². The van der Waals surface area contributed by atoms with Gasteiger partial charge in [-0.25, -0.2) is 8.42 Å². The van der Waals surface area contributed by atoms with Crippen molar-refractivity contribution in [3.05, 3.63) is 57.2 Å². The van der Waals surface area contributed by atoms with Gasteiger partial charge in [-0.1, -0.05) is 29.7 Å². The normalized spacial score (nSPS) is 11.7. The van der Waals surface area contributed by atoms with Crippen molar-refractivity contribution in [2.45, 2.75) is 31.4 Å². The number of thiophene rings is 1. The van der Waals surface area contributed by atoms with Crippen LogP contribution in [0.1, 0.15) is 35.2 Å². The lowest BCUT2D eigenvalue weighted by Crippen LogP contribution is -2.12. The standard InChI is InChI=1S/C20H20ClN3O4S2/c1-4-18(25)22-20-13(3)23-28-17(20)9-7-15-8-10-19(29-15)30(26,27)24-16-11-14(21)6-5-12(16)2/h5-11,24H,4H2,1-3H3,(H,22,25). The van der Waals surface area contributed by atoms with Gasteiger partial charge in [0.2, 0.25) is 5.91 Å². The summed E-state index contributed by atoms with van der Waals surface area (Å²) in [6.45, 7) is 5.27. The number of sulfonamides is 1. The maximum Gasteiger partial charge on any atom is 0.271 e. The van der Waals surface area contributed by atoms with Crippen LogP contribution in [0.4, 0.5) is 11.4 Å². The maximum absolute atomic E-state index is 12.7. The predicted octanol–water partition coefficient (Wildman–Crippen LogP) is 5.33. The Morgan fingerprint density at radius 3 is 2.73 bits per heavy atom. The number of hydrogen-bond donors (Lipinski definition) is 2. The number of carbonyl (C=O) groups is 1. The maximum atomic E-state index is 12.7. The minimum atomic E-state index is -3.75. The minimum Gasteiger partial charge on any atom is -0.354 e. The van der Waals surface area contributed by atoms with Crippen LogP contribution in [0.25, 0.3) is 12.2 Å². The molecule has 0 unspecified atom stereocenters. The van der Waals surface area contributed by atoms with Crippen molar-refractivity contribution < 1.29 is 17.7 Å². The molecule has 0 spiro atoms. The van der Waals surface area contributed by atoms with Crippen LogP contribution in [-0.4, -0.2) is 19.5 Å². The number of halogens is 1. The zero-order chi connectivity index (χ0) is 21.9. The molecule has 3 aromatic rings. The summed E-state index contributed by atoms with van der Waals surface area (Å²) in [5, 5.41) is 7.07. The van der Waals surface area contributed by atoms with Gasteiger partial charge in [-0.15, -0.1) is 11.3 Å². The van der Waals surface area contributed by atoms with E-state index in [2.05, 4.69) is 15.2 Å². The molecule has 0 atom stereocenters. The molecule has 0 aliphatic heterocycles. The second-order valence-electron chi connectivity index (χ2n) is 6.46. The number of benzene rings is 1. The van der Waals surface area contributed by atoms with Gasteiger partial charge in [0, 0.05) is 16.3 Å². The van der Waals surface area contributed by atoms with Gasteiger partial charge in [0.05, 0.1) is 5.69 Å². The van der Waals surface area contributed by atoms with Gasteiger partial charge in [-0.05, 0) is 55.8 Å². The molecule has 0 radical (unpaired) electrons. The monoisotopic (exact) mass is 465 g/mol. The lowest BCUT2D eigenvalue weighted by atomic mass is 10.2. The number of anilines is 2. The average Bonchev–Trinajstić information content (AvgIpc) is 3.31. The number of aryl methyl sites for hydroxylation is 2. The number of nitrogens with zero attached hydrogens (tertiary/aromatic N) is 1. The number of nitrogens with one attached hydrogen (secondary N) is 2. The second-order valence-corrected chi connectivity index (χ2v) is 9.92. The fraction of sp³-hybridized carbons (Fsp3) is 0.200. The predicted molar refractivity (Wildman–Crippen MR) is 120 cm³/mol. The summed E-state index contributed by atoms with van der Waals surface area (Å²) in [6.07, 6.45) is 3.68. The van der Waals surface area contributed by atoms with Crippen molar-refractivity contribution >= 4 is 62.4 Å². The highest BCUT2D eigenvalue weighted by Gasteiger charge is 2.18. The molecule has 1 amide bonds. The molecular weight excluding hydrogens is 446 g/mol. The Morgan fingerprint density at radius 2 is 2.00 bits per heavy atom. The molecule has 10 heteroatoms. The fourth-order valence-corrected chi connectivity index (χ4v) is 5.03. The van der Waals surface area contributed by atoms with Crippen LogP contribution in [0.15, 0.2) is 39.1 Å². The molecule has 158 valence electrons. The summed E-state index contributed by atoms with van der Waals surface area (Å²) in [7, 11) is -3.75. The van der Waals surface area contributed by atoms with Crippen LogP contribution >= 0.6 is 22.9 Å². The molecular formula is C20H20ClN3O4S2. The van der Waals surface area contributed by atoms with Crippen LogP contribution in [0.5, 0.6) is 0 Å². The third-order valence-electron chi connectivity index (χ3n) is 4.18. The van der Waals surface area contributed by atoms with Crippen molar-refractivity contribution in [3.63, 3.8) is 0 Å². The van der Waals surface area contributed by atoms with Crippen molar-refractivity contribution in [1.29, 1.82) is 0 Å². The van der Waals surface area contributed by atoms with Crippen molar-refractivity contribution in [3.8, 4) is 0 Å². The molecule has 0 fully saturated rings. The van der Waals surface area contributed by atoms with E-state index in [1.807, 2.05) is 0 Å². The van der Waals surface area contributed by atoms with Crippen molar-refractivity contribution in [2.75, 3.05) is 10.0 Å². The van der Waals surface area contributed by atoms with Crippen LogP contribution < -0.4 is 10.0 Å². The molecule has 2 heterocycles. The van der Waals surface area contributed by atoms with Crippen LogP contribution in [-0.2, 0) is 14.8 Å². The van der Waals surface area contributed by atoms with E-state index in [1.165, 1.54) is 6.07 Å². The lowest BCUT2D eigenvalue weighted by molar-refractivity contribution is -0.115. The highest BCUT2D eigenvalue weighted by Crippen LogP contribution is 2.29. The third kappa shape index (κ3) is 5.10. The van der Waals surface area contributed by atoms with E-state index in [-0.39, 0.29) is 10.1 Å². The molecule has 0 saturated heterocycles. The molecule has 2 aromatic heterocycles. The number of aromatic nitrogens is 1. The number of hydrogen-bond acceptors (Lipinski definition) is 6. The van der Waals surface area contributed by atoms with E-state index < -0.39 is 10.0 Å². The molecule has 0 bridgehead atoms. The molecule has 7 nitrogen and oxygen atoms in total. The molecule has 30 heavy (non-hydrogen) atoms. The number of carbonyl (C=O) groups excluding carboxylic acids is 1. The quantitative estimate of drug-likeness (QED) is 0.491. The Labute approximate surface area is 183 Å². The summed E-state index contributed by atoms with van der Waals surface area (Å²) in [5.41, 5.74) is 2.26. The summed E-state index contributed by atoms with van der Waals surface area (Å²) in [6, 6.07) is 8.23. The van der Waals surface area contributed by atoms with Crippen LogP contribution in [0, 0.1) is 13.8 Å². The molecule has 0 aliphatic rings. The molecule has 0 aliphatic carbocycles. The van der Waals surface area contributed by atoms with Crippen molar-refractivity contribution in [1.82, 2.24) is 5.16 Å². The van der Waals surface area contributed by atoms with Crippen LogP contribution in [0.2, 0.25) is 5.02 Å². The van der Waals surface area contributed by atoms with Gasteiger partial charge in [0.25, 0.3) is 10.0 Å². The van der Waals surface area contributed by atoms with Gasteiger partial charge < -0.3 is 9.84 Å². The average molecular weight is 466 g/mol. The Balaban J connectivity index is 1.80. The first-order valence-corrected chi connectivity index (χ1v) is 11.7. The Morgan fingerprint density at radius 1 is 1.23 bits per heavy atom. The van der Waals surface area contributed by atoms with Crippen LogP contribution in [0.3, 0.4) is 0 Å². The fourth-order valence-electron chi connectivity index (χ4n) is 2.51. The largest absolute Gasteiger partial charge is 0.354 e. The first-order valence-electron chi connectivity index (χ1n) is 9.02. The molecule has 1 aromatic carbocycles. The first-order chi connectivity index (χ1) is 14.2. The second kappa shape index (κ2) is 9.03. The Bertz CT molecular complexity index is 1210. The highest BCUT2D eigenvalue weighted by atomic mass is 35.5. The third-order valence-corrected chi connectivity index (χ3v) is 7.33. The summed E-state index contributed by atoms with van der Waals surface area (Å²) >= 11 is 7.07. The van der Waals surface area contributed by atoms with E-state index in [1.54, 1.807) is 57.2 Å². The topological polar surface area (TPSA) is 101 Å². The number of rotatable bonds is 7. The van der Waals surface area contributed by atoms with Crippen molar-refractivity contribution in [2.24, 2.45) is 0 Å². The molecule has 0 saturated carbocycles. The molecule has 2 N–H and O–H groups in total. The zero-order valence-corrected chi connectivity index (χ0v) is 18.9. The lowest BCUT2D eigenvalue weighted by Gasteiger charge is -2.09. The van der Waals surface area contributed by atoms with Gasteiger partial charge in [-0.2, -0.15) is 0 Å². The van der Waals surface area contributed by atoms with Gasteiger partial charge in [-0.3, -0.25) is 9.52 Å². The smallest absolute Gasteiger partial charge is 0.271 e. The van der Waals surface area contributed by atoms with E-state index >= 15 is 0 Å². The van der Waals surface area contributed by atoms with E-state index in [9.17, 15) is 13.2 Å². The summed E-state index contributed by atoms with van der Waals surface area (Å²) in [4.78, 5) is 12.4. The van der Waals surface area contributed by atoms with E-state index in [0.717, 1.165) is 16.9 Å². The number of amides is 1. The first kappa shape index (κ1) is 22.1. The Kier molecular flexibility index (Phi) is 6.64. The van der Waals surface area contributed by atoms with Gasteiger partial charge in [0.1, 0.15) is 15.6 Å². The highest BCUT2D eigenvalue weighted by molar-refractivity contribution is 7.94. The van der Waals surface area contributed by atoms with Gasteiger partial charge in [0.15, 0.2) is 5.76 Å². The summed E-state index contributed by atoms with van der Waals surface area (Å²) in [5.74, 6) is 0.239. The SMILES string of the molecule is CCC(=O)Nc1c(C)noc1C=Cc1ccc(S(=O)(=O)Nc2cc(Cl)ccc2C)s1. The van der Waals surface area contributed by atoms with E-state index in [0.29, 0.717) is 39.1 Å². The van der Waals surface area contributed by atoms with E-state index in [4.69, 9.17) is 16.1 Å². The summed E-state index contributed by atoms with van der Waals surface area (Å²) < 4.78 is 33.4. The minimum absolute atomic E-state index is 0.150. The Hall–Kier alpha value is -2.62. The molecule has 3 rings (SSSR count).